The van der Waals surface area contributed by atoms with Crippen molar-refractivity contribution >= 4 is 15.9 Å². The van der Waals surface area contributed by atoms with E-state index in [0.717, 1.165) is 11.0 Å². The van der Waals surface area contributed by atoms with Crippen LogP contribution in [0.3, 0.4) is 0 Å². The molecule has 0 bridgehead atoms. The smallest absolute Gasteiger partial charge is 0.124 e. The third kappa shape index (κ3) is 2.56. The molecule has 0 saturated heterocycles. The van der Waals surface area contributed by atoms with Crippen LogP contribution in [0, 0.1) is 0 Å². The minimum absolute atomic E-state index is 0.568. The van der Waals surface area contributed by atoms with Crippen LogP contribution in [0.25, 0.3) is 0 Å². The molecule has 13 heavy (non-hydrogen) atoms. The Hall–Kier alpha value is -0.310. The lowest BCUT2D eigenvalue weighted by Gasteiger charge is -2.14. The van der Waals surface area contributed by atoms with Crippen LogP contribution >= 0.6 is 15.9 Å². The van der Waals surface area contributed by atoms with E-state index in [1.165, 1.54) is 18.7 Å². The summed E-state index contributed by atoms with van der Waals surface area (Å²) in [6, 6.07) is 0.568. The van der Waals surface area contributed by atoms with Crippen molar-refractivity contribution < 1.29 is 0 Å². The summed E-state index contributed by atoms with van der Waals surface area (Å²) in [6.07, 6.45) is 5.52. The van der Waals surface area contributed by atoms with Crippen LogP contribution in [0.2, 0.25) is 0 Å². The zero-order valence-corrected chi connectivity index (χ0v) is 10.1. The summed E-state index contributed by atoms with van der Waals surface area (Å²) in [5, 5.41) is 0. The summed E-state index contributed by atoms with van der Waals surface area (Å²) in [7, 11) is 0. The van der Waals surface area contributed by atoms with Gasteiger partial charge in [-0.15, -0.1) is 0 Å². The summed E-state index contributed by atoms with van der Waals surface area (Å²) in [6.45, 7) is 6.61. The van der Waals surface area contributed by atoms with Crippen LogP contribution < -0.4 is 0 Å². The molecule has 0 N–H and O–H groups in total. The highest BCUT2D eigenvalue weighted by atomic mass is 79.9. The highest BCUT2D eigenvalue weighted by molar-refractivity contribution is 9.10. The predicted molar refractivity (Wildman–Crippen MR) is 58.9 cm³/mol. The molecule has 74 valence electrons. The van der Waals surface area contributed by atoms with Crippen molar-refractivity contribution in [3.63, 3.8) is 0 Å². The van der Waals surface area contributed by atoms with Crippen LogP contribution in [0.5, 0.6) is 0 Å². The Labute approximate surface area is 88.5 Å². The van der Waals surface area contributed by atoms with Crippen molar-refractivity contribution in [3.8, 4) is 0 Å². The molecule has 1 rings (SSSR count). The summed E-state index contributed by atoms with van der Waals surface area (Å²) in [4.78, 5) is 4.41. The van der Waals surface area contributed by atoms with Crippen molar-refractivity contribution in [2.75, 3.05) is 0 Å². The number of hydrogen-bond donors (Lipinski definition) is 0. The molecule has 0 aliphatic rings. The van der Waals surface area contributed by atoms with Gasteiger partial charge in [0.05, 0.1) is 0 Å². The molecule has 0 radical (unpaired) electrons. The molecule has 0 amide bonds. The molecule has 0 aromatic carbocycles. The molecule has 1 heterocycles. The molecule has 0 fully saturated rings. The second-order valence-electron chi connectivity index (χ2n) is 3.38. The molecular formula is C10H17BrN2. The summed E-state index contributed by atoms with van der Waals surface area (Å²) < 4.78 is 3.22. The second kappa shape index (κ2) is 4.80. The summed E-state index contributed by atoms with van der Waals surface area (Å²) in [5.74, 6) is 1.17. The van der Waals surface area contributed by atoms with E-state index in [-0.39, 0.29) is 0 Å². The van der Waals surface area contributed by atoms with Crippen LogP contribution in [0.15, 0.2) is 10.8 Å². The SMILES string of the molecule is CCCC(C)n1cc(Br)nc1CC. The van der Waals surface area contributed by atoms with E-state index in [2.05, 4.69) is 52.4 Å². The number of halogens is 1. The average molecular weight is 245 g/mol. The molecule has 1 aromatic heterocycles. The van der Waals surface area contributed by atoms with Gasteiger partial charge < -0.3 is 4.57 Å². The molecule has 0 aliphatic heterocycles. The molecule has 0 spiro atoms. The number of aryl methyl sites for hydroxylation is 1. The van der Waals surface area contributed by atoms with Gasteiger partial charge in [0.2, 0.25) is 0 Å². The molecule has 2 nitrogen and oxygen atoms in total. The maximum absolute atomic E-state index is 4.41. The van der Waals surface area contributed by atoms with Gasteiger partial charge in [0.25, 0.3) is 0 Å². The van der Waals surface area contributed by atoms with Gasteiger partial charge in [-0.2, -0.15) is 0 Å². The highest BCUT2D eigenvalue weighted by Gasteiger charge is 2.09. The highest BCUT2D eigenvalue weighted by Crippen LogP contribution is 2.19. The number of hydrogen-bond acceptors (Lipinski definition) is 1. The first-order valence-electron chi connectivity index (χ1n) is 4.92. The average Bonchev–Trinajstić information content (AvgIpc) is 2.47. The minimum atomic E-state index is 0.568. The van der Waals surface area contributed by atoms with Crippen LogP contribution in [0.1, 0.15) is 45.5 Å². The van der Waals surface area contributed by atoms with E-state index in [0.29, 0.717) is 6.04 Å². The first-order valence-corrected chi connectivity index (χ1v) is 5.71. The third-order valence-corrected chi connectivity index (χ3v) is 2.66. The lowest BCUT2D eigenvalue weighted by Crippen LogP contribution is -2.07. The van der Waals surface area contributed by atoms with E-state index < -0.39 is 0 Å². The molecule has 1 unspecified atom stereocenters. The first-order chi connectivity index (χ1) is 6.19. The normalized spacial score (nSPS) is 13.2. The standard InChI is InChI=1S/C10H17BrN2/c1-4-6-8(3)13-7-9(11)12-10(13)5-2/h7-8H,4-6H2,1-3H3. The fraction of sp³-hybridized carbons (Fsp3) is 0.700. The lowest BCUT2D eigenvalue weighted by atomic mass is 10.2. The van der Waals surface area contributed by atoms with Crippen molar-refractivity contribution in [3.05, 3.63) is 16.6 Å². The van der Waals surface area contributed by atoms with Crippen molar-refractivity contribution in [1.29, 1.82) is 0 Å². The fourth-order valence-corrected chi connectivity index (χ4v) is 2.02. The zero-order valence-electron chi connectivity index (χ0n) is 8.55. The Balaban J connectivity index is 2.84. The van der Waals surface area contributed by atoms with Crippen molar-refractivity contribution in [2.24, 2.45) is 0 Å². The largest absolute Gasteiger partial charge is 0.331 e. The maximum Gasteiger partial charge on any atom is 0.124 e. The molecule has 1 aromatic rings. The van der Waals surface area contributed by atoms with Gasteiger partial charge in [-0.1, -0.05) is 20.3 Å². The van der Waals surface area contributed by atoms with E-state index in [4.69, 9.17) is 0 Å². The van der Waals surface area contributed by atoms with Gasteiger partial charge in [0.1, 0.15) is 10.4 Å². The quantitative estimate of drug-likeness (QED) is 0.792. The number of rotatable bonds is 4. The van der Waals surface area contributed by atoms with Gasteiger partial charge in [0.15, 0.2) is 0 Å². The third-order valence-electron chi connectivity index (χ3n) is 2.28. The van der Waals surface area contributed by atoms with E-state index >= 15 is 0 Å². The van der Waals surface area contributed by atoms with E-state index in [1.807, 2.05) is 0 Å². The van der Waals surface area contributed by atoms with Crippen molar-refractivity contribution in [1.82, 2.24) is 9.55 Å². The lowest BCUT2D eigenvalue weighted by molar-refractivity contribution is 0.484. The number of nitrogens with zero attached hydrogens (tertiary/aromatic N) is 2. The van der Waals surface area contributed by atoms with Gasteiger partial charge in [0, 0.05) is 18.7 Å². The Morgan fingerprint density at radius 2 is 2.23 bits per heavy atom. The molecular weight excluding hydrogens is 228 g/mol. The summed E-state index contributed by atoms with van der Waals surface area (Å²) in [5.41, 5.74) is 0. The van der Waals surface area contributed by atoms with E-state index in [1.54, 1.807) is 0 Å². The Bertz CT molecular complexity index is 268. The number of aromatic nitrogens is 2. The van der Waals surface area contributed by atoms with Gasteiger partial charge in [-0.3, -0.25) is 0 Å². The van der Waals surface area contributed by atoms with Gasteiger partial charge >= 0.3 is 0 Å². The monoisotopic (exact) mass is 244 g/mol. The second-order valence-corrected chi connectivity index (χ2v) is 4.19. The van der Waals surface area contributed by atoms with Crippen LogP contribution in [-0.2, 0) is 6.42 Å². The summed E-state index contributed by atoms with van der Waals surface area (Å²) >= 11 is 3.41. The van der Waals surface area contributed by atoms with Gasteiger partial charge in [-0.25, -0.2) is 4.98 Å². The predicted octanol–water partition coefficient (Wildman–Crippen LogP) is 3.57. The minimum Gasteiger partial charge on any atom is -0.331 e. The fourth-order valence-electron chi connectivity index (χ4n) is 1.60. The topological polar surface area (TPSA) is 17.8 Å². The zero-order chi connectivity index (χ0) is 9.84. The number of imidazole rings is 1. The van der Waals surface area contributed by atoms with Crippen molar-refractivity contribution in [2.45, 2.75) is 46.1 Å². The Morgan fingerprint density at radius 3 is 2.77 bits per heavy atom. The molecule has 3 heteroatoms. The molecule has 1 atom stereocenters. The van der Waals surface area contributed by atoms with Crippen LogP contribution in [0.4, 0.5) is 0 Å². The molecule has 0 saturated carbocycles. The first kappa shape index (κ1) is 10.8. The van der Waals surface area contributed by atoms with E-state index in [9.17, 15) is 0 Å². The van der Waals surface area contributed by atoms with Gasteiger partial charge in [-0.05, 0) is 29.3 Å². The Kier molecular flexibility index (Phi) is 3.97. The maximum atomic E-state index is 4.41. The van der Waals surface area contributed by atoms with Crippen LogP contribution in [-0.4, -0.2) is 9.55 Å². The Morgan fingerprint density at radius 1 is 1.54 bits per heavy atom. The molecule has 0 aliphatic carbocycles.